The largest absolute Gasteiger partial charge is 0.327 e. The molecule has 0 spiro atoms. The van der Waals surface area contributed by atoms with Gasteiger partial charge in [0.25, 0.3) is 0 Å². The standard InChI is InChI=1S/C15H20ClFN2/c1-10(16)14-18-12-9-11(17)5-6-13(12)19(14)8-7-15(2,3)4/h5-6,9-10H,7-8H2,1-4H3. The molecule has 0 amide bonds. The van der Waals surface area contributed by atoms with Gasteiger partial charge in [-0.05, 0) is 30.9 Å². The molecule has 0 fully saturated rings. The van der Waals surface area contributed by atoms with Crippen LogP contribution < -0.4 is 0 Å². The van der Waals surface area contributed by atoms with Crippen molar-refractivity contribution in [1.29, 1.82) is 0 Å². The molecule has 1 aromatic heterocycles. The summed E-state index contributed by atoms with van der Waals surface area (Å²) in [7, 11) is 0. The highest BCUT2D eigenvalue weighted by atomic mass is 35.5. The first-order valence-corrected chi connectivity index (χ1v) is 7.01. The second-order valence-electron chi connectivity index (χ2n) is 6.18. The Kier molecular flexibility index (Phi) is 3.86. The molecule has 0 aliphatic heterocycles. The van der Waals surface area contributed by atoms with Gasteiger partial charge in [0, 0.05) is 12.6 Å². The van der Waals surface area contributed by atoms with Crippen LogP contribution in [0.1, 0.15) is 45.3 Å². The molecular weight excluding hydrogens is 263 g/mol. The number of aromatic nitrogens is 2. The highest BCUT2D eigenvalue weighted by Gasteiger charge is 2.17. The second-order valence-corrected chi connectivity index (χ2v) is 6.84. The molecular formula is C15H20ClFN2. The molecule has 2 rings (SSSR count). The SMILES string of the molecule is CC(Cl)c1nc2cc(F)ccc2n1CCC(C)(C)C. The van der Waals surface area contributed by atoms with E-state index >= 15 is 0 Å². The molecule has 1 unspecified atom stereocenters. The number of imidazole rings is 1. The molecule has 0 N–H and O–H groups in total. The predicted molar refractivity (Wildman–Crippen MR) is 78.0 cm³/mol. The monoisotopic (exact) mass is 282 g/mol. The Morgan fingerprint density at radius 1 is 1.37 bits per heavy atom. The smallest absolute Gasteiger partial charge is 0.127 e. The summed E-state index contributed by atoms with van der Waals surface area (Å²) in [5.74, 6) is 0.549. The number of benzene rings is 1. The van der Waals surface area contributed by atoms with Crippen molar-refractivity contribution in [3.8, 4) is 0 Å². The van der Waals surface area contributed by atoms with E-state index in [0.29, 0.717) is 5.52 Å². The van der Waals surface area contributed by atoms with Crippen LogP contribution in [-0.4, -0.2) is 9.55 Å². The molecule has 19 heavy (non-hydrogen) atoms. The maximum atomic E-state index is 13.3. The third kappa shape index (κ3) is 3.27. The lowest BCUT2D eigenvalue weighted by atomic mass is 9.92. The van der Waals surface area contributed by atoms with E-state index in [0.717, 1.165) is 24.3 Å². The number of alkyl halides is 1. The molecule has 0 aliphatic carbocycles. The summed E-state index contributed by atoms with van der Waals surface area (Å²) in [6, 6.07) is 4.72. The van der Waals surface area contributed by atoms with Gasteiger partial charge in [0.15, 0.2) is 0 Å². The zero-order valence-electron chi connectivity index (χ0n) is 11.9. The van der Waals surface area contributed by atoms with Crippen LogP contribution in [-0.2, 0) is 6.54 Å². The van der Waals surface area contributed by atoms with Gasteiger partial charge in [0.05, 0.1) is 16.4 Å². The molecule has 2 aromatic rings. The minimum atomic E-state index is -0.262. The van der Waals surface area contributed by atoms with E-state index in [-0.39, 0.29) is 16.6 Å². The third-order valence-electron chi connectivity index (χ3n) is 3.18. The third-order valence-corrected chi connectivity index (χ3v) is 3.38. The molecule has 1 atom stereocenters. The Balaban J connectivity index is 2.46. The lowest BCUT2D eigenvalue weighted by Crippen LogP contribution is -2.12. The Bertz CT molecular complexity index is 582. The predicted octanol–water partition coefficient (Wildman–Crippen LogP) is 4.91. The normalized spacial score (nSPS) is 14.0. The van der Waals surface area contributed by atoms with E-state index in [4.69, 9.17) is 11.6 Å². The van der Waals surface area contributed by atoms with E-state index in [1.54, 1.807) is 6.07 Å². The molecule has 0 radical (unpaired) electrons. The minimum Gasteiger partial charge on any atom is -0.327 e. The summed E-state index contributed by atoms with van der Waals surface area (Å²) in [5.41, 5.74) is 1.87. The van der Waals surface area contributed by atoms with Gasteiger partial charge < -0.3 is 4.57 Å². The first kappa shape index (κ1) is 14.3. The lowest BCUT2D eigenvalue weighted by Gasteiger charge is -2.20. The number of rotatable bonds is 3. The summed E-state index contributed by atoms with van der Waals surface area (Å²) in [6.45, 7) is 9.35. The van der Waals surface area contributed by atoms with Crippen LogP contribution in [0.2, 0.25) is 0 Å². The maximum Gasteiger partial charge on any atom is 0.127 e. The van der Waals surface area contributed by atoms with Crippen molar-refractivity contribution in [1.82, 2.24) is 9.55 Å². The molecule has 0 saturated heterocycles. The average Bonchev–Trinajstić information content (AvgIpc) is 2.63. The van der Waals surface area contributed by atoms with Crippen molar-refractivity contribution in [3.05, 3.63) is 29.8 Å². The van der Waals surface area contributed by atoms with Crippen molar-refractivity contribution in [2.45, 2.75) is 46.0 Å². The lowest BCUT2D eigenvalue weighted by molar-refractivity contribution is 0.350. The van der Waals surface area contributed by atoms with E-state index < -0.39 is 0 Å². The van der Waals surface area contributed by atoms with Crippen LogP contribution in [0.3, 0.4) is 0 Å². The number of aryl methyl sites for hydroxylation is 1. The van der Waals surface area contributed by atoms with Gasteiger partial charge in [0.2, 0.25) is 0 Å². The highest BCUT2D eigenvalue weighted by Crippen LogP contribution is 2.28. The summed E-state index contributed by atoms with van der Waals surface area (Å²) in [4.78, 5) is 4.46. The Morgan fingerprint density at radius 3 is 2.63 bits per heavy atom. The van der Waals surface area contributed by atoms with Crippen molar-refractivity contribution in [2.75, 3.05) is 0 Å². The van der Waals surface area contributed by atoms with Crippen LogP contribution in [0.5, 0.6) is 0 Å². The molecule has 2 nitrogen and oxygen atoms in total. The summed E-state index contributed by atoms with van der Waals surface area (Å²) < 4.78 is 15.4. The Hall–Kier alpha value is -1.09. The van der Waals surface area contributed by atoms with Gasteiger partial charge in [-0.2, -0.15) is 0 Å². The summed E-state index contributed by atoms with van der Waals surface area (Å²) in [5, 5.41) is -0.185. The fraction of sp³-hybridized carbons (Fsp3) is 0.533. The quantitative estimate of drug-likeness (QED) is 0.731. The van der Waals surface area contributed by atoms with Crippen molar-refractivity contribution in [2.24, 2.45) is 5.41 Å². The fourth-order valence-electron chi connectivity index (χ4n) is 2.11. The van der Waals surface area contributed by atoms with Crippen molar-refractivity contribution in [3.63, 3.8) is 0 Å². The van der Waals surface area contributed by atoms with E-state index in [9.17, 15) is 4.39 Å². The molecule has 1 heterocycles. The molecule has 104 valence electrons. The molecule has 4 heteroatoms. The van der Waals surface area contributed by atoms with Crippen LogP contribution in [0.15, 0.2) is 18.2 Å². The van der Waals surface area contributed by atoms with Crippen LogP contribution in [0.4, 0.5) is 4.39 Å². The zero-order valence-corrected chi connectivity index (χ0v) is 12.6. The van der Waals surface area contributed by atoms with Gasteiger partial charge in [0.1, 0.15) is 11.6 Å². The van der Waals surface area contributed by atoms with Gasteiger partial charge in [-0.3, -0.25) is 0 Å². The fourth-order valence-corrected chi connectivity index (χ4v) is 2.27. The van der Waals surface area contributed by atoms with Gasteiger partial charge in [-0.25, -0.2) is 9.37 Å². The molecule has 0 aliphatic rings. The number of fused-ring (bicyclic) bond motifs is 1. The molecule has 0 bridgehead atoms. The zero-order chi connectivity index (χ0) is 14.2. The van der Waals surface area contributed by atoms with E-state index in [1.165, 1.54) is 12.1 Å². The first-order chi connectivity index (χ1) is 8.78. The Labute approximate surface area is 118 Å². The minimum absolute atomic E-state index is 0.185. The summed E-state index contributed by atoms with van der Waals surface area (Å²) in [6.07, 6.45) is 1.02. The van der Waals surface area contributed by atoms with Crippen molar-refractivity contribution < 1.29 is 4.39 Å². The van der Waals surface area contributed by atoms with E-state index in [2.05, 4.69) is 30.3 Å². The number of halogens is 2. The van der Waals surface area contributed by atoms with Crippen LogP contribution >= 0.6 is 11.6 Å². The van der Waals surface area contributed by atoms with Gasteiger partial charge in [-0.1, -0.05) is 20.8 Å². The topological polar surface area (TPSA) is 17.8 Å². The van der Waals surface area contributed by atoms with Crippen LogP contribution in [0, 0.1) is 11.2 Å². The average molecular weight is 283 g/mol. The molecule has 1 aromatic carbocycles. The number of nitrogens with zero attached hydrogens (tertiary/aromatic N) is 2. The maximum absolute atomic E-state index is 13.3. The molecule has 0 saturated carbocycles. The Morgan fingerprint density at radius 2 is 2.05 bits per heavy atom. The number of hydrogen-bond acceptors (Lipinski definition) is 1. The number of hydrogen-bond donors (Lipinski definition) is 0. The van der Waals surface area contributed by atoms with E-state index in [1.807, 2.05) is 6.92 Å². The summed E-state index contributed by atoms with van der Waals surface area (Å²) >= 11 is 6.19. The van der Waals surface area contributed by atoms with Crippen LogP contribution in [0.25, 0.3) is 11.0 Å². The van der Waals surface area contributed by atoms with Gasteiger partial charge >= 0.3 is 0 Å². The van der Waals surface area contributed by atoms with Gasteiger partial charge in [-0.15, -0.1) is 11.6 Å². The second kappa shape index (κ2) is 5.12. The van der Waals surface area contributed by atoms with Crippen molar-refractivity contribution >= 4 is 22.6 Å². The highest BCUT2D eigenvalue weighted by molar-refractivity contribution is 6.20. The first-order valence-electron chi connectivity index (χ1n) is 6.58.